The van der Waals surface area contributed by atoms with Gasteiger partial charge < -0.3 is 10.2 Å². The number of likely N-dealkylation sites (tertiary alicyclic amines) is 1. The lowest BCUT2D eigenvalue weighted by molar-refractivity contribution is -0.140. The SMILES string of the molecule is CCCC(=O)N1CCCC[C@H]1C(=O)Nc1cc(-c2ccncc2)[nH]n1. The van der Waals surface area contributed by atoms with Crippen LogP contribution >= 0.6 is 0 Å². The third-order valence-electron chi connectivity index (χ3n) is 4.41. The maximum Gasteiger partial charge on any atom is 0.248 e. The zero-order valence-electron chi connectivity index (χ0n) is 14.4. The van der Waals surface area contributed by atoms with Gasteiger partial charge in [0, 0.05) is 37.0 Å². The second-order valence-electron chi connectivity index (χ2n) is 6.24. The van der Waals surface area contributed by atoms with E-state index in [-0.39, 0.29) is 11.8 Å². The van der Waals surface area contributed by atoms with Gasteiger partial charge in [0.25, 0.3) is 0 Å². The number of piperidine rings is 1. The number of carbonyl (C=O) groups is 2. The first kappa shape index (κ1) is 17.1. The number of carbonyl (C=O) groups excluding carboxylic acids is 2. The monoisotopic (exact) mass is 341 g/mol. The lowest BCUT2D eigenvalue weighted by atomic mass is 10.0. The van der Waals surface area contributed by atoms with Gasteiger partial charge in [-0.3, -0.25) is 19.7 Å². The molecule has 1 atom stereocenters. The summed E-state index contributed by atoms with van der Waals surface area (Å²) in [4.78, 5) is 30.6. The second kappa shape index (κ2) is 7.92. The fraction of sp³-hybridized carbons (Fsp3) is 0.444. The number of hydrogen-bond donors (Lipinski definition) is 2. The number of hydrogen-bond acceptors (Lipinski definition) is 4. The topological polar surface area (TPSA) is 91.0 Å². The molecule has 0 aliphatic carbocycles. The molecule has 2 amide bonds. The molecule has 0 radical (unpaired) electrons. The minimum Gasteiger partial charge on any atom is -0.331 e. The van der Waals surface area contributed by atoms with E-state index >= 15 is 0 Å². The summed E-state index contributed by atoms with van der Waals surface area (Å²) in [6.07, 6.45) is 7.28. The molecule has 3 heterocycles. The third kappa shape index (κ3) is 4.04. The zero-order valence-corrected chi connectivity index (χ0v) is 14.4. The summed E-state index contributed by atoms with van der Waals surface area (Å²) in [6, 6.07) is 5.11. The van der Waals surface area contributed by atoms with Gasteiger partial charge in [0.05, 0.1) is 5.69 Å². The van der Waals surface area contributed by atoms with Gasteiger partial charge in [0.15, 0.2) is 5.82 Å². The van der Waals surface area contributed by atoms with Crippen molar-refractivity contribution in [3.8, 4) is 11.3 Å². The van der Waals surface area contributed by atoms with Crippen molar-refractivity contribution >= 4 is 17.6 Å². The number of H-pyrrole nitrogens is 1. The molecule has 2 aromatic rings. The van der Waals surface area contributed by atoms with Crippen LogP contribution in [-0.2, 0) is 9.59 Å². The molecule has 0 aromatic carbocycles. The van der Waals surface area contributed by atoms with Crippen molar-refractivity contribution in [1.29, 1.82) is 0 Å². The quantitative estimate of drug-likeness (QED) is 0.874. The Morgan fingerprint density at radius 1 is 1.32 bits per heavy atom. The molecule has 0 spiro atoms. The Kier molecular flexibility index (Phi) is 5.42. The van der Waals surface area contributed by atoms with Gasteiger partial charge in [-0.1, -0.05) is 6.92 Å². The Morgan fingerprint density at radius 2 is 2.12 bits per heavy atom. The van der Waals surface area contributed by atoms with E-state index in [1.165, 1.54) is 0 Å². The maximum absolute atomic E-state index is 12.7. The highest BCUT2D eigenvalue weighted by Gasteiger charge is 2.31. The molecule has 1 saturated heterocycles. The van der Waals surface area contributed by atoms with Crippen molar-refractivity contribution in [2.24, 2.45) is 0 Å². The van der Waals surface area contributed by atoms with Crippen molar-refractivity contribution < 1.29 is 9.59 Å². The smallest absolute Gasteiger partial charge is 0.248 e. The number of rotatable bonds is 5. The van der Waals surface area contributed by atoms with Crippen molar-refractivity contribution in [3.63, 3.8) is 0 Å². The van der Waals surface area contributed by atoms with Crippen molar-refractivity contribution in [2.45, 2.75) is 45.1 Å². The number of nitrogens with zero attached hydrogens (tertiary/aromatic N) is 3. The summed E-state index contributed by atoms with van der Waals surface area (Å²) in [6.45, 7) is 2.63. The minimum atomic E-state index is -0.408. The molecule has 25 heavy (non-hydrogen) atoms. The predicted molar refractivity (Wildman–Crippen MR) is 94.7 cm³/mol. The number of pyridine rings is 1. The van der Waals surface area contributed by atoms with Crippen LogP contribution in [0.25, 0.3) is 11.3 Å². The summed E-state index contributed by atoms with van der Waals surface area (Å²) in [7, 11) is 0. The van der Waals surface area contributed by atoms with E-state index in [9.17, 15) is 9.59 Å². The summed E-state index contributed by atoms with van der Waals surface area (Å²) >= 11 is 0. The van der Waals surface area contributed by atoms with Gasteiger partial charge in [-0.05, 0) is 37.8 Å². The van der Waals surface area contributed by atoms with Crippen molar-refractivity contribution in [2.75, 3.05) is 11.9 Å². The van der Waals surface area contributed by atoms with E-state index in [4.69, 9.17) is 0 Å². The molecule has 7 nitrogen and oxygen atoms in total. The van der Waals surface area contributed by atoms with Crippen LogP contribution in [0.4, 0.5) is 5.82 Å². The van der Waals surface area contributed by atoms with E-state index in [1.54, 1.807) is 23.4 Å². The first-order valence-corrected chi connectivity index (χ1v) is 8.75. The molecule has 1 aliphatic heterocycles. The number of anilines is 1. The molecular formula is C18H23N5O2. The molecule has 0 bridgehead atoms. The molecule has 3 rings (SSSR count). The van der Waals surface area contributed by atoms with E-state index in [1.807, 2.05) is 19.1 Å². The first-order valence-electron chi connectivity index (χ1n) is 8.75. The molecule has 2 N–H and O–H groups in total. The predicted octanol–water partition coefficient (Wildman–Crippen LogP) is 2.59. The van der Waals surface area contributed by atoms with Crippen LogP contribution in [-0.4, -0.2) is 44.5 Å². The van der Waals surface area contributed by atoms with Crippen LogP contribution in [0, 0.1) is 0 Å². The van der Waals surface area contributed by atoms with Gasteiger partial charge in [-0.25, -0.2) is 0 Å². The summed E-state index contributed by atoms with van der Waals surface area (Å²) in [5, 5.41) is 9.90. The van der Waals surface area contributed by atoms with Crippen molar-refractivity contribution in [1.82, 2.24) is 20.1 Å². The molecule has 1 aliphatic rings. The highest BCUT2D eigenvalue weighted by molar-refractivity contribution is 5.97. The molecule has 0 unspecified atom stereocenters. The van der Waals surface area contributed by atoms with Crippen LogP contribution in [0.15, 0.2) is 30.6 Å². The Labute approximate surface area is 146 Å². The van der Waals surface area contributed by atoms with Crippen LogP contribution in [0.5, 0.6) is 0 Å². The Balaban J connectivity index is 1.68. The van der Waals surface area contributed by atoms with Gasteiger partial charge in [0.2, 0.25) is 11.8 Å². The number of amides is 2. The van der Waals surface area contributed by atoms with E-state index in [2.05, 4.69) is 20.5 Å². The molecule has 0 saturated carbocycles. The van der Waals surface area contributed by atoms with Crippen LogP contribution in [0.3, 0.4) is 0 Å². The fourth-order valence-corrected chi connectivity index (χ4v) is 3.13. The average molecular weight is 341 g/mol. The van der Waals surface area contributed by atoms with Gasteiger partial charge >= 0.3 is 0 Å². The van der Waals surface area contributed by atoms with Crippen LogP contribution in [0.2, 0.25) is 0 Å². The lowest BCUT2D eigenvalue weighted by Gasteiger charge is -2.34. The largest absolute Gasteiger partial charge is 0.331 e. The molecule has 2 aromatic heterocycles. The Bertz CT molecular complexity index is 728. The van der Waals surface area contributed by atoms with Crippen LogP contribution in [0.1, 0.15) is 39.0 Å². The number of nitrogens with one attached hydrogen (secondary N) is 2. The Hall–Kier alpha value is -2.70. The van der Waals surface area contributed by atoms with E-state index in [0.29, 0.717) is 25.2 Å². The first-order chi connectivity index (χ1) is 12.2. The standard InChI is InChI=1S/C18H23N5O2/c1-2-5-17(24)23-11-4-3-6-15(23)18(25)20-16-12-14(21-22-16)13-7-9-19-10-8-13/h7-10,12,15H,2-6,11H2,1H3,(H2,20,21,22,25)/t15-/m0/s1. The number of aromatic amines is 1. The van der Waals surface area contributed by atoms with E-state index < -0.39 is 6.04 Å². The minimum absolute atomic E-state index is 0.0573. The summed E-state index contributed by atoms with van der Waals surface area (Å²) in [5.41, 5.74) is 1.75. The zero-order chi connectivity index (χ0) is 17.6. The third-order valence-corrected chi connectivity index (χ3v) is 4.41. The van der Waals surface area contributed by atoms with Crippen molar-refractivity contribution in [3.05, 3.63) is 30.6 Å². The maximum atomic E-state index is 12.7. The van der Waals surface area contributed by atoms with Gasteiger partial charge in [-0.15, -0.1) is 0 Å². The molecular weight excluding hydrogens is 318 g/mol. The molecule has 1 fully saturated rings. The lowest BCUT2D eigenvalue weighted by Crippen LogP contribution is -2.49. The number of aromatic nitrogens is 3. The second-order valence-corrected chi connectivity index (χ2v) is 6.24. The summed E-state index contributed by atoms with van der Waals surface area (Å²) < 4.78 is 0. The highest BCUT2D eigenvalue weighted by Crippen LogP contribution is 2.22. The van der Waals surface area contributed by atoms with E-state index in [0.717, 1.165) is 30.5 Å². The molecule has 7 heteroatoms. The molecule has 132 valence electrons. The summed E-state index contributed by atoms with van der Waals surface area (Å²) in [5.74, 6) is 0.351. The normalized spacial score (nSPS) is 17.3. The Morgan fingerprint density at radius 3 is 2.88 bits per heavy atom. The van der Waals surface area contributed by atoms with Crippen LogP contribution < -0.4 is 5.32 Å². The fourth-order valence-electron chi connectivity index (χ4n) is 3.13. The highest BCUT2D eigenvalue weighted by atomic mass is 16.2. The average Bonchev–Trinajstić information content (AvgIpc) is 3.11. The van der Waals surface area contributed by atoms with Gasteiger partial charge in [-0.2, -0.15) is 5.10 Å². The van der Waals surface area contributed by atoms with Gasteiger partial charge in [0.1, 0.15) is 6.04 Å².